The summed E-state index contributed by atoms with van der Waals surface area (Å²) in [4.78, 5) is 20.5. The first-order valence-corrected chi connectivity index (χ1v) is 9.24. The van der Waals surface area contributed by atoms with Crippen LogP contribution in [0.15, 0.2) is 52.3 Å². The molecule has 0 aliphatic carbocycles. The van der Waals surface area contributed by atoms with E-state index in [1.807, 2.05) is 6.92 Å². The highest BCUT2D eigenvalue weighted by Gasteiger charge is 2.19. The van der Waals surface area contributed by atoms with Crippen LogP contribution in [0.1, 0.15) is 25.0 Å². The van der Waals surface area contributed by atoms with Gasteiger partial charge in [-0.05, 0) is 61.7 Å². The summed E-state index contributed by atoms with van der Waals surface area (Å²) in [6.45, 7) is 4.78. The van der Waals surface area contributed by atoms with Gasteiger partial charge in [0.1, 0.15) is 0 Å². The van der Waals surface area contributed by atoms with Crippen LogP contribution >= 0.6 is 0 Å². The van der Waals surface area contributed by atoms with Gasteiger partial charge in [0.2, 0.25) is 9.84 Å². The Morgan fingerprint density at radius 2 is 1.72 bits per heavy atom. The molecule has 0 aliphatic heterocycles. The van der Waals surface area contributed by atoms with Crippen molar-refractivity contribution >= 4 is 15.8 Å². The number of aryl methyl sites for hydroxylation is 1. The Morgan fingerprint density at radius 3 is 2.24 bits per heavy atom. The first-order chi connectivity index (χ1) is 11.7. The molecule has 2 aromatic rings. The molecule has 0 spiro atoms. The van der Waals surface area contributed by atoms with Crippen molar-refractivity contribution < 1.29 is 23.0 Å². The molecule has 0 saturated heterocycles. The smallest absolute Gasteiger partial charge is 0.328 e. The van der Waals surface area contributed by atoms with E-state index in [-0.39, 0.29) is 21.6 Å². The standard InChI is InChI=1S/C18H21NO5S/c1-12-10-17(8-9-18(12)24-23-14(3)20)25(21,22)16-6-4-15(5-7-16)11-13(2)19/h4-10,13H,11,19H2,1-3H3/t13-/m1/s1. The van der Waals surface area contributed by atoms with Gasteiger partial charge in [0.05, 0.1) is 9.79 Å². The van der Waals surface area contributed by atoms with Crippen molar-refractivity contribution in [3.63, 3.8) is 0 Å². The van der Waals surface area contributed by atoms with Crippen molar-refractivity contribution in [1.29, 1.82) is 0 Å². The minimum absolute atomic E-state index is 0.00914. The molecule has 25 heavy (non-hydrogen) atoms. The van der Waals surface area contributed by atoms with Gasteiger partial charge in [0.15, 0.2) is 5.75 Å². The minimum Gasteiger partial charge on any atom is -0.328 e. The molecule has 0 fully saturated rings. The second-order valence-electron chi connectivity index (χ2n) is 5.91. The Bertz CT molecular complexity index is 858. The number of nitrogens with two attached hydrogens (primary N) is 1. The summed E-state index contributed by atoms with van der Waals surface area (Å²) in [5.41, 5.74) is 7.27. The van der Waals surface area contributed by atoms with Crippen LogP contribution in [0, 0.1) is 6.92 Å². The van der Waals surface area contributed by atoms with Crippen LogP contribution < -0.4 is 10.6 Å². The quantitative estimate of drug-likeness (QED) is 0.626. The van der Waals surface area contributed by atoms with Gasteiger partial charge in [-0.1, -0.05) is 12.1 Å². The van der Waals surface area contributed by atoms with Crippen LogP contribution in [-0.2, 0) is 25.9 Å². The van der Waals surface area contributed by atoms with E-state index >= 15 is 0 Å². The van der Waals surface area contributed by atoms with E-state index in [9.17, 15) is 13.2 Å². The topological polar surface area (TPSA) is 95.7 Å². The Morgan fingerprint density at radius 1 is 1.12 bits per heavy atom. The molecule has 2 N–H and O–H groups in total. The highest BCUT2D eigenvalue weighted by molar-refractivity contribution is 7.91. The van der Waals surface area contributed by atoms with E-state index in [4.69, 9.17) is 10.6 Å². The summed E-state index contributed by atoms with van der Waals surface area (Å²) in [6, 6.07) is 11.0. The van der Waals surface area contributed by atoms with Crippen molar-refractivity contribution in [2.45, 2.75) is 43.0 Å². The minimum atomic E-state index is -3.65. The normalized spacial score (nSPS) is 12.5. The number of hydrogen-bond acceptors (Lipinski definition) is 6. The Labute approximate surface area is 147 Å². The van der Waals surface area contributed by atoms with Gasteiger partial charge in [-0.3, -0.25) is 9.78 Å². The molecule has 0 saturated carbocycles. The highest BCUT2D eigenvalue weighted by atomic mass is 32.2. The number of rotatable bonds is 6. The van der Waals surface area contributed by atoms with Crippen LogP contribution in [0.25, 0.3) is 0 Å². The summed E-state index contributed by atoms with van der Waals surface area (Å²) in [7, 11) is -3.65. The van der Waals surface area contributed by atoms with Gasteiger partial charge in [0.25, 0.3) is 0 Å². The van der Waals surface area contributed by atoms with Gasteiger partial charge in [-0.15, -0.1) is 0 Å². The third-order valence-corrected chi connectivity index (χ3v) is 5.26. The van der Waals surface area contributed by atoms with Crippen molar-refractivity contribution in [1.82, 2.24) is 0 Å². The van der Waals surface area contributed by atoms with Gasteiger partial charge in [-0.25, -0.2) is 13.2 Å². The fraction of sp³-hybridized carbons (Fsp3) is 0.278. The molecule has 0 amide bonds. The van der Waals surface area contributed by atoms with Crippen LogP contribution in [0.5, 0.6) is 5.75 Å². The predicted octanol–water partition coefficient (Wildman–Crippen LogP) is 2.57. The molecule has 0 aromatic heterocycles. The lowest BCUT2D eigenvalue weighted by Gasteiger charge is -2.10. The van der Waals surface area contributed by atoms with Crippen molar-refractivity contribution in [3.8, 4) is 5.75 Å². The lowest BCUT2D eigenvalue weighted by Crippen LogP contribution is -2.17. The molecule has 0 aliphatic rings. The third kappa shape index (κ3) is 4.80. The average molecular weight is 363 g/mol. The molecule has 0 radical (unpaired) electrons. The van der Waals surface area contributed by atoms with Crippen LogP contribution in [0.4, 0.5) is 0 Å². The highest BCUT2D eigenvalue weighted by Crippen LogP contribution is 2.26. The maximum Gasteiger partial charge on any atom is 0.352 e. The van der Waals surface area contributed by atoms with E-state index < -0.39 is 15.8 Å². The maximum atomic E-state index is 12.7. The molecule has 134 valence electrons. The second kappa shape index (κ2) is 7.67. The van der Waals surface area contributed by atoms with Crippen LogP contribution in [-0.4, -0.2) is 20.4 Å². The third-order valence-electron chi connectivity index (χ3n) is 3.50. The second-order valence-corrected chi connectivity index (χ2v) is 7.86. The van der Waals surface area contributed by atoms with Gasteiger partial charge >= 0.3 is 5.97 Å². The lowest BCUT2D eigenvalue weighted by atomic mass is 10.1. The largest absolute Gasteiger partial charge is 0.352 e. The summed E-state index contributed by atoms with van der Waals surface area (Å²) in [5, 5.41) is 0. The molecule has 1 atom stereocenters. The molecule has 0 bridgehead atoms. The van der Waals surface area contributed by atoms with Crippen molar-refractivity contribution in [3.05, 3.63) is 53.6 Å². The summed E-state index contributed by atoms with van der Waals surface area (Å²) in [6.07, 6.45) is 0.682. The zero-order valence-corrected chi connectivity index (χ0v) is 15.2. The number of benzene rings is 2. The molecular weight excluding hydrogens is 342 g/mol. The molecule has 6 nitrogen and oxygen atoms in total. The van der Waals surface area contributed by atoms with Gasteiger partial charge in [0, 0.05) is 13.0 Å². The predicted molar refractivity (Wildman–Crippen MR) is 92.8 cm³/mol. The summed E-state index contributed by atoms with van der Waals surface area (Å²) < 4.78 is 25.5. The average Bonchev–Trinajstić information content (AvgIpc) is 2.53. The molecular formula is C18H21NO5S. The maximum absolute atomic E-state index is 12.7. The number of sulfone groups is 1. The fourth-order valence-corrected chi connectivity index (χ4v) is 3.64. The molecule has 2 rings (SSSR count). The molecule has 7 heteroatoms. The van der Waals surface area contributed by atoms with Gasteiger partial charge in [-0.2, -0.15) is 0 Å². The number of carbonyl (C=O) groups is 1. The summed E-state index contributed by atoms with van der Waals surface area (Å²) >= 11 is 0. The Hall–Kier alpha value is -2.38. The van der Waals surface area contributed by atoms with Crippen LogP contribution in [0.3, 0.4) is 0 Å². The van der Waals surface area contributed by atoms with E-state index in [2.05, 4.69) is 4.89 Å². The zero-order chi connectivity index (χ0) is 18.6. The number of hydrogen-bond donors (Lipinski definition) is 1. The Balaban J connectivity index is 2.27. The zero-order valence-electron chi connectivity index (χ0n) is 14.4. The SMILES string of the molecule is CC(=O)OOc1ccc(S(=O)(=O)c2ccc(C[C@@H](C)N)cc2)cc1C. The summed E-state index contributed by atoms with van der Waals surface area (Å²) in [5.74, 6) is -0.315. The van der Waals surface area contributed by atoms with Crippen LogP contribution in [0.2, 0.25) is 0 Å². The first kappa shape index (κ1) is 19.0. The van der Waals surface area contributed by atoms with E-state index in [1.54, 1.807) is 31.2 Å². The van der Waals surface area contributed by atoms with Crippen molar-refractivity contribution in [2.24, 2.45) is 5.73 Å². The Kier molecular flexibility index (Phi) is 5.81. The van der Waals surface area contributed by atoms with E-state index in [0.717, 1.165) is 5.56 Å². The monoisotopic (exact) mass is 363 g/mol. The van der Waals surface area contributed by atoms with Crippen molar-refractivity contribution in [2.75, 3.05) is 0 Å². The molecule has 0 heterocycles. The fourth-order valence-electron chi connectivity index (χ4n) is 2.30. The molecule has 0 unspecified atom stereocenters. The van der Waals surface area contributed by atoms with E-state index in [0.29, 0.717) is 12.0 Å². The van der Waals surface area contributed by atoms with Gasteiger partial charge < -0.3 is 5.73 Å². The van der Waals surface area contributed by atoms with E-state index in [1.165, 1.54) is 25.1 Å². The molecule has 2 aromatic carbocycles. The lowest BCUT2D eigenvalue weighted by molar-refractivity contribution is -0.211. The number of carbonyl (C=O) groups excluding carboxylic acids is 1. The first-order valence-electron chi connectivity index (χ1n) is 7.75.